The summed E-state index contributed by atoms with van der Waals surface area (Å²) in [5.74, 6) is -0.792. The molecule has 3 saturated heterocycles. The van der Waals surface area contributed by atoms with Crippen LogP contribution in [0.2, 0.25) is 0 Å². The van der Waals surface area contributed by atoms with Gasteiger partial charge in [0.05, 0.1) is 12.2 Å². The van der Waals surface area contributed by atoms with Crippen LogP contribution in [-0.4, -0.2) is 110 Å². The highest BCUT2D eigenvalue weighted by molar-refractivity contribution is 7.14. The standard InChI is InChI=1S/C28H37N5O5S/c1-28(2,3)24(26(36)33-14-21(37-5)23-22(33)20(34)15-38-23)30-25(35)18-8-6-17(7-9-18)19-16-39-27(29-19)32-12-10-31(4)11-13-32/h6-9,16,21-24H,10-15H2,1-5H3,(H,30,35)/t21-,22+,23+,24?/m0/s1. The molecule has 1 N–H and O–H groups in total. The van der Waals surface area contributed by atoms with Gasteiger partial charge in [0.2, 0.25) is 5.91 Å². The van der Waals surface area contributed by atoms with Gasteiger partial charge in [-0.05, 0) is 24.6 Å². The van der Waals surface area contributed by atoms with Gasteiger partial charge in [-0.2, -0.15) is 0 Å². The summed E-state index contributed by atoms with van der Waals surface area (Å²) < 4.78 is 11.1. The largest absolute Gasteiger partial charge is 0.377 e. The maximum Gasteiger partial charge on any atom is 0.251 e. The number of rotatable bonds is 6. The fourth-order valence-electron chi connectivity index (χ4n) is 5.41. The molecule has 0 aliphatic carbocycles. The van der Waals surface area contributed by atoms with E-state index in [0.717, 1.165) is 42.6 Å². The number of likely N-dealkylation sites (N-methyl/N-ethyl adjacent to an activating group) is 1. The molecule has 2 aromatic rings. The van der Waals surface area contributed by atoms with Gasteiger partial charge in [0.1, 0.15) is 30.9 Å². The molecule has 39 heavy (non-hydrogen) atoms. The van der Waals surface area contributed by atoms with Gasteiger partial charge in [-0.15, -0.1) is 11.3 Å². The first-order chi connectivity index (χ1) is 18.6. The second-order valence-electron chi connectivity index (χ2n) is 11.6. The van der Waals surface area contributed by atoms with Crippen LogP contribution in [0.4, 0.5) is 5.13 Å². The van der Waals surface area contributed by atoms with Crippen molar-refractivity contribution in [2.75, 3.05) is 58.4 Å². The monoisotopic (exact) mass is 555 g/mol. The van der Waals surface area contributed by atoms with Crippen LogP contribution in [0.1, 0.15) is 31.1 Å². The quantitative estimate of drug-likeness (QED) is 0.577. The number of carbonyl (C=O) groups excluding carboxylic acids is 3. The zero-order valence-corrected chi connectivity index (χ0v) is 24.0. The van der Waals surface area contributed by atoms with Crippen LogP contribution in [-0.2, 0) is 19.1 Å². The molecule has 210 valence electrons. The number of hydrogen-bond acceptors (Lipinski definition) is 9. The summed E-state index contributed by atoms with van der Waals surface area (Å²) in [7, 11) is 3.68. The van der Waals surface area contributed by atoms with E-state index in [1.54, 1.807) is 30.6 Å². The maximum absolute atomic E-state index is 13.7. The van der Waals surface area contributed by atoms with Crippen LogP contribution >= 0.6 is 11.3 Å². The number of piperazine rings is 1. The zero-order chi connectivity index (χ0) is 27.9. The van der Waals surface area contributed by atoms with Gasteiger partial charge in [0.25, 0.3) is 5.91 Å². The maximum atomic E-state index is 13.7. The molecule has 5 rings (SSSR count). The molecule has 4 heterocycles. The number of fused-ring (bicyclic) bond motifs is 1. The lowest BCUT2D eigenvalue weighted by molar-refractivity contribution is -0.140. The predicted molar refractivity (Wildman–Crippen MR) is 149 cm³/mol. The molecule has 1 aromatic carbocycles. The first-order valence-corrected chi connectivity index (χ1v) is 14.2. The van der Waals surface area contributed by atoms with Gasteiger partial charge in [0.15, 0.2) is 10.9 Å². The molecule has 1 aromatic heterocycles. The van der Waals surface area contributed by atoms with Crippen molar-refractivity contribution in [2.45, 2.75) is 45.1 Å². The third-order valence-electron chi connectivity index (χ3n) is 7.82. The lowest BCUT2D eigenvalue weighted by Crippen LogP contribution is -2.57. The van der Waals surface area contributed by atoms with Crippen LogP contribution in [0.15, 0.2) is 29.6 Å². The number of thiazole rings is 1. The molecule has 10 nitrogen and oxygen atoms in total. The Morgan fingerprint density at radius 3 is 2.49 bits per heavy atom. The highest BCUT2D eigenvalue weighted by atomic mass is 32.1. The molecule has 0 saturated carbocycles. The number of nitrogens with zero attached hydrogens (tertiary/aromatic N) is 4. The summed E-state index contributed by atoms with van der Waals surface area (Å²) in [5, 5.41) is 5.99. The molecule has 4 atom stereocenters. The van der Waals surface area contributed by atoms with E-state index in [1.165, 1.54) is 4.90 Å². The van der Waals surface area contributed by atoms with Crippen molar-refractivity contribution in [1.29, 1.82) is 0 Å². The number of benzene rings is 1. The fourth-order valence-corrected chi connectivity index (χ4v) is 6.30. The van der Waals surface area contributed by atoms with Crippen molar-refractivity contribution in [3.05, 3.63) is 35.2 Å². The molecular formula is C28H37N5O5S. The van der Waals surface area contributed by atoms with Crippen molar-refractivity contribution in [2.24, 2.45) is 5.41 Å². The second-order valence-corrected chi connectivity index (χ2v) is 12.4. The molecular weight excluding hydrogens is 518 g/mol. The van der Waals surface area contributed by atoms with Gasteiger partial charge >= 0.3 is 0 Å². The van der Waals surface area contributed by atoms with E-state index in [9.17, 15) is 14.4 Å². The van der Waals surface area contributed by atoms with Gasteiger partial charge in [-0.3, -0.25) is 14.4 Å². The number of aromatic nitrogens is 1. The minimum Gasteiger partial charge on any atom is -0.377 e. The van der Waals surface area contributed by atoms with Crippen molar-refractivity contribution in [1.82, 2.24) is 20.1 Å². The average molecular weight is 556 g/mol. The third kappa shape index (κ3) is 5.58. The number of carbonyl (C=O) groups is 3. The highest BCUT2D eigenvalue weighted by Crippen LogP contribution is 2.32. The number of hydrogen-bond donors (Lipinski definition) is 1. The summed E-state index contributed by atoms with van der Waals surface area (Å²) in [6, 6.07) is 5.76. The SMILES string of the molecule is CO[C@H]1CN(C(=O)C(NC(=O)c2ccc(-c3csc(N4CCN(C)CC4)n3)cc2)C(C)(C)C)[C@@H]2C(=O)CO[C@H]12. The summed E-state index contributed by atoms with van der Waals surface area (Å²) in [6.45, 7) is 9.86. The number of ether oxygens (including phenoxy) is 2. The van der Waals surface area contributed by atoms with Crippen LogP contribution < -0.4 is 10.2 Å². The Kier molecular flexibility index (Phi) is 7.78. The van der Waals surface area contributed by atoms with Crippen molar-refractivity contribution in [3.63, 3.8) is 0 Å². The molecule has 0 bridgehead atoms. The van der Waals surface area contributed by atoms with Crippen molar-refractivity contribution >= 4 is 34.1 Å². The Balaban J connectivity index is 1.28. The topological polar surface area (TPSA) is 104 Å². The van der Waals surface area contributed by atoms with E-state index >= 15 is 0 Å². The number of likely N-dealkylation sites (tertiary alicyclic amines) is 1. The Hall–Kier alpha value is -2.86. The van der Waals surface area contributed by atoms with Crippen molar-refractivity contribution < 1.29 is 23.9 Å². The lowest BCUT2D eigenvalue weighted by atomic mass is 9.85. The van der Waals surface area contributed by atoms with Crippen LogP contribution in [0.5, 0.6) is 0 Å². The Morgan fingerprint density at radius 2 is 1.85 bits per heavy atom. The molecule has 0 radical (unpaired) electrons. The van der Waals surface area contributed by atoms with E-state index in [2.05, 4.69) is 22.2 Å². The number of ketones is 1. The summed E-state index contributed by atoms with van der Waals surface area (Å²) in [6.07, 6.45) is -0.852. The van der Waals surface area contributed by atoms with E-state index in [4.69, 9.17) is 14.5 Å². The predicted octanol–water partition coefficient (Wildman–Crippen LogP) is 1.90. The number of methoxy groups -OCH3 is 1. The fraction of sp³-hybridized carbons (Fsp3) is 0.571. The first kappa shape index (κ1) is 27.7. The Morgan fingerprint density at radius 1 is 1.15 bits per heavy atom. The Labute approximate surface area is 233 Å². The van der Waals surface area contributed by atoms with Crippen LogP contribution in [0, 0.1) is 5.41 Å². The van der Waals surface area contributed by atoms with Gasteiger partial charge < -0.3 is 29.5 Å². The summed E-state index contributed by atoms with van der Waals surface area (Å²) >= 11 is 1.63. The van der Waals surface area contributed by atoms with E-state index in [-0.39, 0.29) is 36.9 Å². The van der Waals surface area contributed by atoms with Gasteiger partial charge in [0, 0.05) is 49.8 Å². The molecule has 3 aliphatic heterocycles. The lowest BCUT2D eigenvalue weighted by Gasteiger charge is -2.34. The molecule has 11 heteroatoms. The summed E-state index contributed by atoms with van der Waals surface area (Å²) in [5.41, 5.74) is 1.67. The normalized spacial score (nSPS) is 24.6. The van der Waals surface area contributed by atoms with E-state index in [1.807, 2.05) is 38.3 Å². The van der Waals surface area contributed by atoms with Gasteiger partial charge in [-0.1, -0.05) is 32.9 Å². The smallest absolute Gasteiger partial charge is 0.251 e. The highest BCUT2D eigenvalue weighted by Gasteiger charge is 2.54. The molecule has 1 unspecified atom stereocenters. The number of amides is 2. The molecule has 3 aliphatic rings. The van der Waals surface area contributed by atoms with E-state index < -0.39 is 23.6 Å². The third-order valence-corrected chi connectivity index (χ3v) is 8.72. The number of nitrogens with one attached hydrogen (secondary N) is 1. The van der Waals surface area contributed by atoms with Crippen LogP contribution in [0.25, 0.3) is 11.3 Å². The minimum absolute atomic E-state index is 0.0340. The zero-order valence-electron chi connectivity index (χ0n) is 23.2. The Bertz CT molecular complexity index is 1220. The molecule has 3 fully saturated rings. The van der Waals surface area contributed by atoms with E-state index in [0.29, 0.717) is 5.56 Å². The second kappa shape index (κ2) is 11.0. The summed E-state index contributed by atoms with van der Waals surface area (Å²) in [4.78, 5) is 50.5. The average Bonchev–Trinajstić information content (AvgIpc) is 3.64. The van der Waals surface area contributed by atoms with Crippen LogP contribution in [0.3, 0.4) is 0 Å². The first-order valence-electron chi connectivity index (χ1n) is 13.3. The van der Waals surface area contributed by atoms with Crippen molar-refractivity contribution in [3.8, 4) is 11.3 Å². The molecule has 2 amide bonds. The number of anilines is 1. The van der Waals surface area contributed by atoms with Gasteiger partial charge in [-0.25, -0.2) is 4.98 Å². The minimum atomic E-state index is -0.834. The number of Topliss-reactive ketones (excluding diaryl/α,β-unsaturated/α-hetero) is 1. The molecule has 0 spiro atoms.